The molecule has 0 bridgehead atoms. The SMILES string of the molecule is S=C(NC1CCCCC1)N1CCN(Cc2ccco2)CC1. The van der Waals surface area contributed by atoms with Gasteiger partial charge in [0.1, 0.15) is 5.76 Å². The van der Waals surface area contributed by atoms with Crippen molar-refractivity contribution in [1.82, 2.24) is 15.1 Å². The molecule has 4 nitrogen and oxygen atoms in total. The minimum atomic E-state index is 0.604. The van der Waals surface area contributed by atoms with Crippen molar-refractivity contribution < 1.29 is 4.42 Å². The van der Waals surface area contributed by atoms with Gasteiger partial charge in [-0.05, 0) is 37.2 Å². The highest BCUT2D eigenvalue weighted by atomic mass is 32.1. The largest absolute Gasteiger partial charge is 0.468 e. The predicted octanol–water partition coefficient (Wildman–Crippen LogP) is 2.60. The summed E-state index contributed by atoms with van der Waals surface area (Å²) in [5.74, 6) is 1.05. The number of thiocarbonyl (C=S) groups is 1. The van der Waals surface area contributed by atoms with Crippen LogP contribution in [0.15, 0.2) is 22.8 Å². The number of rotatable bonds is 3. The van der Waals surface area contributed by atoms with E-state index in [0.29, 0.717) is 6.04 Å². The molecule has 0 spiro atoms. The first-order valence-corrected chi connectivity index (χ1v) is 8.52. The summed E-state index contributed by atoms with van der Waals surface area (Å²) >= 11 is 5.59. The molecule has 1 aromatic heterocycles. The molecule has 1 aliphatic heterocycles. The lowest BCUT2D eigenvalue weighted by Crippen LogP contribution is -2.53. The molecule has 2 heterocycles. The van der Waals surface area contributed by atoms with Crippen molar-refractivity contribution in [3.05, 3.63) is 24.2 Å². The van der Waals surface area contributed by atoms with Crippen LogP contribution in [0.5, 0.6) is 0 Å². The van der Waals surface area contributed by atoms with Gasteiger partial charge in [-0.2, -0.15) is 0 Å². The molecule has 0 radical (unpaired) electrons. The highest BCUT2D eigenvalue weighted by Gasteiger charge is 2.21. The van der Waals surface area contributed by atoms with Crippen LogP contribution in [0, 0.1) is 0 Å². The Morgan fingerprint density at radius 1 is 1.19 bits per heavy atom. The van der Waals surface area contributed by atoms with Gasteiger partial charge < -0.3 is 14.6 Å². The summed E-state index contributed by atoms with van der Waals surface area (Å²) in [4.78, 5) is 4.75. The van der Waals surface area contributed by atoms with E-state index in [2.05, 4.69) is 15.1 Å². The fourth-order valence-corrected chi connectivity index (χ4v) is 3.59. The van der Waals surface area contributed by atoms with Gasteiger partial charge >= 0.3 is 0 Å². The molecule has 2 fully saturated rings. The number of furan rings is 1. The van der Waals surface area contributed by atoms with Crippen molar-refractivity contribution >= 4 is 17.3 Å². The maximum absolute atomic E-state index is 5.59. The highest BCUT2D eigenvalue weighted by Crippen LogP contribution is 2.18. The molecule has 0 atom stereocenters. The van der Waals surface area contributed by atoms with E-state index in [0.717, 1.165) is 43.6 Å². The van der Waals surface area contributed by atoms with Gasteiger partial charge in [-0.15, -0.1) is 0 Å². The smallest absolute Gasteiger partial charge is 0.169 e. The molecule has 21 heavy (non-hydrogen) atoms. The van der Waals surface area contributed by atoms with E-state index >= 15 is 0 Å². The van der Waals surface area contributed by atoms with E-state index in [1.165, 1.54) is 32.1 Å². The summed E-state index contributed by atoms with van der Waals surface area (Å²) in [5, 5.41) is 4.53. The molecular formula is C16H25N3OS. The van der Waals surface area contributed by atoms with E-state index in [9.17, 15) is 0 Å². The Morgan fingerprint density at radius 3 is 2.62 bits per heavy atom. The van der Waals surface area contributed by atoms with Crippen LogP contribution < -0.4 is 5.32 Å². The van der Waals surface area contributed by atoms with E-state index in [1.807, 2.05) is 12.1 Å². The van der Waals surface area contributed by atoms with Crippen molar-refractivity contribution in [1.29, 1.82) is 0 Å². The van der Waals surface area contributed by atoms with Crippen LogP contribution in [0.2, 0.25) is 0 Å². The zero-order valence-corrected chi connectivity index (χ0v) is 13.4. The lowest BCUT2D eigenvalue weighted by atomic mass is 9.96. The van der Waals surface area contributed by atoms with Gasteiger partial charge in [-0.25, -0.2) is 0 Å². The van der Waals surface area contributed by atoms with Crippen molar-refractivity contribution in [3.63, 3.8) is 0 Å². The Balaban J connectivity index is 1.41. The lowest BCUT2D eigenvalue weighted by Gasteiger charge is -2.37. The average molecular weight is 307 g/mol. The summed E-state index contributed by atoms with van der Waals surface area (Å²) in [6.45, 7) is 5.03. The fraction of sp³-hybridized carbons (Fsp3) is 0.688. The summed E-state index contributed by atoms with van der Waals surface area (Å²) in [6, 6.07) is 4.60. The number of nitrogens with one attached hydrogen (secondary N) is 1. The standard InChI is InChI=1S/C16H25N3OS/c21-16(17-14-5-2-1-3-6-14)19-10-8-18(9-11-19)13-15-7-4-12-20-15/h4,7,12,14H,1-3,5-6,8-11,13H2,(H,17,21). The number of nitrogens with zero attached hydrogens (tertiary/aromatic N) is 2. The first-order chi connectivity index (χ1) is 10.3. The molecular weight excluding hydrogens is 282 g/mol. The highest BCUT2D eigenvalue weighted by molar-refractivity contribution is 7.80. The van der Waals surface area contributed by atoms with Gasteiger partial charge in [0.15, 0.2) is 5.11 Å². The Hall–Kier alpha value is -1.07. The normalized spacial score (nSPS) is 21.4. The van der Waals surface area contributed by atoms with Crippen LogP contribution in [-0.4, -0.2) is 47.1 Å². The molecule has 1 aromatic rings. The van der Waals surface area contributed by atoms with Crippen LogP contribution in [0.25, 0.3) is 0 Å². The Kier molecular flexibility index (Phi) is 5.14. The van der Waals surface area contributed by atoms with Crippen LogP contribution in [-0.2, 0) is 6.54 Å². The second-order valence-corrected chi connectivity index (χ2v) is 6.51. The quantitative estimate of drug-likeness (QED) is 0.868. The molecule has 5 heteroatoms. The minimum Gasteiger partial charge on any atom is -0.468 e. The van der Waals surface area contributed by atoms with Gasteiger partial charge in [0.2, 0.25) is 0 Å². The third-order valence-corrected chi connectivity index (χ3v) is 4.93. The number of hydrogen-bond acceptors (Lipinski definition) is 3. The van der Waals surface area contributed by atoms with Crippen LogP contribution in [0.1, 0.15) is 37.9 Å². The second kappa shape index (κ2) is 7.27. The third-order valence-electron chi connectivity index (χ3n) is 4.55. The van der Waals surface area contributed by atoms with Crippen molar-refractivity contribution in [2.24, 2.45) is 0 Å². The first kappa shape index (κ1) is 14.9. The molecule has 3 rings (SSSR count). The molecule has 1 saturated carbocycles. The zero-order chi connectivity index (χ0) is 14.5. The van der Waals surface area contributed by atoms with Crippen molar-refractivity contribution in [2.75, 3.05) is 26.2 Å². The average Bonchev–Trinajstić information content (AvgIpc) is 3.02. The van der Waals surface area contributed by atoms with Gasteiger partial charge in [0.25, 0.3) is 0 Å². The first-order valence-electron chi connectivity index (χ1n) is 8.11. The maximum Gasteiger partial charge on any atom is 0.169 e. The third kappa shape index (κ3) is 4.20. The van der Waals surface area contributed by atoms with E-state index < -0.39 is 0 Å². The molecule has 0 amide bonds. The Bertz CT molecular complexity index is 434. The molecule has 0 unspecified atom stereocenters. The molecule has 1 N–H and O–H groups in total. The molecule has 0 aromatic carbocycles. The fourth-order valence-electron chi connectivity index (χ4n) is 3.24. The number of piperazine rings is 1. The predicted molar refractivity (Wildman–Crippen MR) is 88.2 cm³/mol. The van der Waals surface area contributed by atoms with Gasteiger partial charge in [-0.3, -0.25) is 4.90 Å². The van der Waals surface area contributed by atoms with E-state index in [1.54, 1.807) is 6.26 Å². The zero-order valence-electron chi connectivity index (χ0n) is 12.6. The van der Waals surface area contributed by atoms with Crippen molar-refractivity contribution in [3.8, 4) is 0 Å². The minimum absolute atomic E-state index is 0.604. The van der Waals surface area contributed by atoms with Crippen LogP contribution in [0.4, 0.5) is 0 Å². The van der Waals surface area contributed by atoms with E-state index in [4.69, 9.17) is 16.6 Å². The van der Waals surface area contributed by atoms with Gasteiger partial charge in [0.05, 0.1) is 12.8 Å². The number of hydrogen-bond donors (Lipinski definition) is 1. The maximum atomic E-state index is 5.59. The van der Waals surface area contributed by atoms with E-state index in [-0.39, 0.29) is 0 Å². The van der Waals surface area contributed by atoms with Crippen molar-refractivity contribution in [2.45, 2.75) is 44.7 Å². The summed E-state index contributed by atoms with van der Waals surface area (Å²) in [7, 11) is 0. The van der Waals surface area contributed by atoms with Crippen LogP contribution in [0.3, 0.4) is 0 Å². The molecule has 1 aliphatic carbocycles. The summed E-state index contributed by atoms with van der Waals surface area (Å²) in [6.07, 6.45) is 8.37. The van der Waals surface area contributed by atoms with Gasteiger partial charge in [0, 0.05) is 32.2 Å². The topological polar surface area (TPSA) is 31.6 Å². The second-order valence-electron chi connectivity index (χ2n) is 6.13. The summed E-state index contributed by atoms with van der Waals surface area (Å²) < 4.78 is 5.42. The monoisotopic (exact) mass is 307 g/mol. The molecule has 116 valence electrons. The lowest BCUT2D eigenvalue weighted by molar-refractivity contribution is 0.163. The van der Waals surface area contributed by atoms with Gasteiger partial charge in [-0.1, -0.05) is 19.3 Å². The Labute approximate surface area is 132 Å². The summed E-state index contributed by atoms with van der Waals surface area (Å²) in [5.41, 5.74) is 0. The Morgan fingerprint density at radius 2 is 1.95 bits per heavy atom. The van der Waals surface area contributed by atoms with Crippen LogP contribution >= 0.6 is 12.2 Å². The molecule has 1 saturated heterocycles. The molecule has 2 aliphatic rings.